The van der Waals surface area contributed by atoms with E-state index in [1.807, 2.05) is 30.3 Å². The zero-order valence-corrected chi connectivity index (χ0v) is 18.2. The third kappa shape index (κ3) is 4.85. The molecule has 1 aromatic carbocycles. The molecule has 1 saturated heterocycles. The van der Waals surface area contributed by atoms with Gasteiger partial charge in [-0.05, 0) is 14.0 Å². The standard InChI is InChI=1S/C23H29N5O3/c1-3-31-21(30)15-20(29)28-10-9-19-18(16-28)23(27-13-11-26(2)12-14-27)25-22(24-19)17-7-5-4-6-8-17/h4-8H,3,9-16H2,1-2H3. The number of nitrogens with zero attached hydrogens (tertiary/aromatic N) is 5. The maximum absolute atomic E-state index is 12.7. The quantitative estimate of drug-likeness (QED) is 0.535. The van der Waals surface area contributed by atoms with E-state index in [4.69, 9.17) is 14.7 Å². The van der Waals surface area contributed by atoms with Crippen LogP contribution in [0.4, 0.5) is 5.82 Å². The molecule has 4 rings (SSSR count). The number of ether oxygens (including phenoxy) is 1. The minimum Gasteiger partial charge on any atom is -0.466 e. The molecule has 8 heteroatoms. The SMILES string of the molecule is CCOC(=O)CC(=O)N1CCc2nc(-c3ccccc3)nc(N3CCN(C)CC3)c2C1. The summed E-state index contributed by atoms with van der Waals surface area (Å²) in [7, 11) is 2.12. The van der Waals surface area contributed by atoms with Crippen LogP contribution in [0.2, 0.25) is 0 Å². The summed E-state index contributed by atoms with van der Waals surface area (Å²) in [5.74, 6) is 0.944. The molecule has 0 radical (unpaired) electrons. The van der Waals surface area contributed by atoms with Crippen molar-refractivity contribution in [3.05, 3.63) is 41.6 Å². The second-order valence-electron chi connectivity index (χ2n) is 8.00. The average Bonchev–Trinajstić information content (AvgIpc) is 2.79. The number of anilines is 1. The van der Waals surface area contributed by atoms with Crippen LogP contribution >= 0.6 is 0 Å². The van der Waals surface area contributed by atoms with E-state index >= 15 is 0 Å². The van der Waals surface area contributed by atoms with E-state index in [9.17, 15) is 9.59 Å². The Hall–Kier alpha value is -3.00. The molecule has 0 saturated carbocycles. The molecule has 0 bridgehead atoms. The van der Waals surface area contributed by atoms with E-state index in [0.717, 1.165) is 54.6 Å². The number of benzene rings is 1. The van der Waals surface area contributed by atoms with E-state index in [1.165, 1.54) is 0 Å². The van der Waals surface area contributed by atoms with Crippen molar-refractivity contribution in [2.24, 2.45) is 0 Å². The predicted molar refractivity (Wildman–Crippen MR) is 118 cm³/mol. The lowest BCUT2D eigenvalue weighted by Crippen LogP contribution is -2.46. The van der Waals surface area contributed by atoms with Gasteiger partial charge in [-0.2, -0.15) is 0 Å². The molecule has 0 unspecified atom stereocenters. The zero-order chi connectivity index (χ0) is 21.8. The molecule has 0 aliphatic carbocycles. The van der Waals surface area contributed by atoms with Crippen molar-refractivity contribution in [2.45, 2.75) is 26.3 Å². The highest BCUT2D eigenvalue weighted by Crippen LogP contribution is 2.30. The number of fused-ring (bicyclic) bond motifs is 1. The lowest BCUT2D eigenvalue weighted by Gasteiger charge is -2.37. The maximum Gasteiger partial charge on any atom is 0.315 e. The first-order valence-corrected chi connectivity index (χ1v) is 10.9. The largest absolute Gasteiger partial charge is 0.466 e. The second-order valence-corrected chi connectivity index (χ2v) is 8.00. The Balaban J connectivity index is 1.64. The van der Waals surface area contributed by atoms with Gasteiger partial charge >= 0.3 is 5.97 Å². The number of carbonyl (C=O) groups is 2. The number of rotatable bonds is 5. The van der Waals surface area contributed by atoms with E-state index in [0.29, 0.717) is 19.5 Å². The molecular formula is C23H29N5O3. The highest BCUT2D eigenvalue weighted by molar-refractivity contribution is 5.94. The first-order valence-electron chi connectivity index (χ1n) is 10.9. The van der Waals surface area contributed by atoms with Crippen molar-refractivity contribution >= 4 is 17.7 Å². The van der Waals surface area contributed by atoms with Gasteiger partial charge in [-0.25, -0.2) is 9.97 Å². The molecule has 1 fully saturated rings. The summed E-state index contributed by atoms with van der Waals surface area (Å²) in [6, 6.07) is 10.0. The third-order valence-electron chi connectivity index (χ3n) is 5.83. The summed E-state index contributed by atoms with van der Waals surface area (Å²) in [5.41, 5.74) is 2.97. The fraction of sp³-hybridized carbons (Fsp3) is 0.478. The van der Waals surface area contributed by atoms with Crippen LogP contribution in [-0.2, 0) is 27.3 Å². The highest BCUT2D eigenvalue weighted by atomic mass is 16.5. The Kier molecular flexibility index (Phi) is 6.46. The van der Waals surface area contributed by atoms with Crippen LogP contribution in [0.25, 0.3) is 11.4 Å². The van der Waals surface area contributed by atoms with Crippen LogP contribution in [0.5, 0.6) is 0 Å². The van der Waals surface area contributed by atoms with E-state index in [-0.39, 0.29) is 18.9 Å². The lowest BCUT2D eigenvalue weighted by atomic mass is 10.0. The molecule has 2 aliphatic heterocycles. The summed E-state index contributed by atoms with van der Waals surface area (Å²) in [4.78, 5) is 40.6. The molecule has 3 heterocycles. The summed E-state index contributed by atoms with van der Waals surface area (Å²) in [5, 5.41) is 0. The zero-order valence-electron chi connectivity index (χ0n) is 18.2. The highest BCUT2D eigenvalue weighted by Gasteiger charge is 2.29. The van der Waals surface area contributed by atoms with E-state index < -0.39 is 5.97 Å². The number of piperazine rings is 1. The Morgan fingerprint density at radius 2 is 1.77 bits per heavy atom. The van der Waals surface area contributed by atoms with Crippen LogP contribution < -0.4 is 4.90 Å². The van der Waals surface area contributed by atoms with E-state index in [1.54, 1.807) is 11.8 Å². The molecule has 1 amide bonds. The first kappa shape index (κ1) is 21.2. The molecule has 0 atom stereocenters. The molecular weight excluding hydrogens is 394 g/mol. The van der Waals surface area contributed by atoms with Gasteiger partial charge in [0.1, 0.15) is 12.2 Å². The number of carbonyl (C=O) groups excluding carboxylic acids is 2. The predicted octanol–water partition coefficient (Wildman–Crippen LogP) is 1.73. The average molecular weight is 424 g/mol. The van der Waals surface area contributed by atoms with Gasteiger partial charge in [0.15, 0.2) is 5.82 Å². The molecule has 8 nitrogen and oxygen atoms in total. The van der Waals surface area contributed by atoms with Gasteiger partial charge < -0.3 is 19.4 Å². The van der Waals surface area contributed by atoms with Crippen molar-refractivity contribution in [1.29, 1.82) is 0 Å². The van der Waals surface area contributed by atoms with Gasteiger partial charge in [-0.3, -0.25) is 9.59 Å². The number of amides is 1. The fourth-order valence-corrected chi connectivity index (χ4v) is 4.05. The van der Waals surface area contributed by atoms with Crippen LogP contribution in [0.15, 0.2) is 30.3 Å². The number of hydrogen-bond acceptors (Lipinski definition) is 7. The molecule has 2 aromatic rings. The van der Waals surface area contributed by atoms with Crippen molar-refractivity contribution < 1.29 is 14.3 Å². The van der Waals surface area contributed by atoms with Crippen molar-refractivity contribution in [3.8, 4) is 11.4 Å². The van der Waals surface area contributed by atoms with Gasteiger partial charge in [0.25, 0.3) is 0 Å². The molecule has 164 valence electrons. The number of hydrogen-bond donors (Lipinski definition) is 0. The second kappa shape index (κ2) is 9.43. The molecule has 2 aliphatic rings. The van der Waals surface area contributed by atoms with Crippen molar-refractivity contribution in [1.82, 2.24) is 19.8 Å². The topological polar surface area (TPSA) is 78.9 Å². The Morgan fingerprint density at radius 1 is 1.03 bits per heavy atom. The molecule has 31 heavy (non-hydrogen) atoms. The van der Waals surface area contributed by atoms with Gasteiger partial charge in [0.05, 0.1) is 18.8 Å². The van der Waals surface area contributed by atoms with Crippen molar-refractivity contribution in [3.63, 3.8) is 0 Å². The Bertz CT molecular complexity index is 942. The third-order valence-corrected chi connectivity index (χ3v) is 5.83. The monoisotopic (exact) mass is 423 g/mol. The van der Waals surface area contributed by atoms with Gasteiger partial charge in [0.2, 0.25) is 5.91 Å². The van der Waals surface area contributed by atoms with Gasteiger partial charge in [-0.1, -0.05) is 30.3 Å². The number of esters is 1. The molecule has 1 aromatic heterocycles. The van der Waals surface area contributed by atoms with Crippen molar-refractivity contribution in [2.75, 3.05) is 51.3 Å². The molecule has 0 N–H and O–H groups in total. The summed E-state index contributed by atoms with van der Waals surface area (Å²) in [6.07, 6.45) is 0.420. The Labute approximate surface area is 182 Å². The first-order chi connectivity index (χ1) is 15.0. The van der Waals surface area contributed by atoms with Gasteiger partial charge in [0, 0.05) is 50.3 Å². The fourth-order valence-electron chi connectivity index (χ4n) is 4.05. The summed E-state index contributed by atoms with van der Waals surface area (Å²) in [6.45, 7) is 6.66. The smallest absolute Gasteiger partial charge is 0.315 e. The van der Waals surface area contributed by atoms with Crippen LogP contribution in [-0.4, -0.2) is 78.0 Å². The summed E-state index contributed by atoms with van der Waals surface area (Å²) >= 11 is 0. The summed E-state index contributed by atoms with van der Waals surface area (Å²) < 4.78 is 4.94. The lowest BCUT2D eigenvalue weighted by molar-refractivity contribution is -0.148. The normalized spacial score (nSPS) is 16.7. The van der Waals surface area contributed by atoms with Crippen LogP contribution in [0.3, 0.4) is 0 Å². The van der Waals surface area contributed by atoms with Crippen LogP contribution in [0.1, 0.15) is 24.6 Å². The van der Waals surface area contributed by atoms with E-state index in [2.05, 4.69) is 16.8 Å². The van der Waals surface area contributed by atoms with Gasteiger partial charge in [-0.15, -0.1) is 0 Å². The minimum atomic E-state index is -0.478. The van der Waals surface area contributed by atoms with Crippen LogP contribution in [0, 0.1) is 0 Å². The number of aromatic nitrogens is 2. The maximum atomic E-state index is 12.7. The number of likely N-dealkylation sites (N-methyl/N-ethyl adjacent to an activating group) is 1. The molecule has 0 spiro atoms. The minimum absolute atomic E-state index is 0.208. The Morgan fingerprint density at radius 3 is 2.48 bits per heavy atom.